The van der Waals surface area contributed by atoms with Crippen LogP contribution in [0.15, 0.2) is 48.5 Å². The predicted molar refractivity (Wildman–Crippen MR) is 119 cm³/mol. The number of nitrogens with one attached hydrogen (secondary N) is 1. The van der Waals surface area contributed by atoms with Gasteiger partial charge >= 0.3 is 6.03 Å². The van der Waals surface area contributed by atoms with E-state index in [1.165, 1.54) is 0 Å². The number of morpholine rings is 1. The van der Waals surface area contributed by atoms with Crippen molar-refractivity contribution in [3.05, 3.63) is 70.8 Å². The number of nitrogens with zero attached hydrogens (tertiary/aromatic N) is 2. The van der Waals surface area contributed by atoms with Gasteiger partial charge in [0.05, 0.1) is 19.3 Å². The average Bonchev–Trinajstić information content (AvgIpc) is 3.13. The number of hydrogen-bond donors (Lipinski definition) is 1. The van der Waals surface area contributed by atoms with Crippen molar-refractivity contribution in [3.63, 3.8) is 0 Å². The number of rotatable bonds is 3. The lowest BCUT2D eigenvalue weighted by atomic mass is 10.0. The summed E-state index contributed by atoms with van der Waals surface area (Å²) in [6, 6.07) is 14.8. The van der Waals surface area contributed by atoms with Gasteiger partial charge in [0.1, 0.15) is 0 Å². The lowest BCUT2D eigenvalue weighted by Gasteiger charge is -2.27. The summed E-state index contributed by atoms with van der Waals surface area (Å²) < 4.78 is 13.1. The molecule has 31 heavy (non-hydrogen) atoms. The minimum atomic E-state index is -0.260. The molecule has 6 heteroatoms. The Bertz CT molecular complexity index is 1030. The van der Waals surface area contributed by atoms with Crippen molar-refractivity contribution in [2.45, 2.75) is 25.9 Å². The van der Waals surface area contributed by atoms with Crippen molar-refractivity contribution < 1.29 is 15.7 Å². The summed E-state index contributed by atoms with van der Waals surface area (Å²) in [6.45, 7) is 6.70. The summed E-state index contributed by atoms with van der Waals surface area (Å²) >= 11 is 0. The second kappa shape index (κ2) is 9.23. The number of benzene rings is 2. The quantitative estimate of drug-likeness (QED) is 0.780. The lowest BCUT2D eigenvalue weighted by molar-refractivity contribution is 0.0303. The number of carbonyl (C=O) groups is 2. The molecule has 1 unspecified atom stereocenters. The molecule has 160 valence electrons. The van der Waals surface area contributed by atoms with E-state index in [2.05, 4.69) is 11.8 Å². The summed E-state index contributed by atoms with van der Waals surface area (Å²) in [5.74, 6) is 6.32. The Morgan fingerprint density at radius 2 is 1.65 bits per heavy atom. The molecule has 0 spiro atoms. The Morgan fingerprint density at radius 3 is 2.23 bits per heavy atom. The van der Waals surface area contributed by atoms with Crippen LogP contribution in [-0.2, 0) is 4.74 Å². The van der Waals surface area contributed by atoms with E-state index in [-0.39, 0.29) is 24.0 Å². The van der Waals surface area contributed by atoms with Gasteiger partial charge in [-0.1, -0.05) is 24.0 Å². The van der Waals surface area contributed by atoms with Crippen LogP contribution in [-0.4, -0.2) is 60.6 Å². The monoisotopic (exact) mass is 418 g/mol. The zero-order valence-corrected chi connectivity index (χ0v) is 17.9. The van der Waals surface area contributed by atoms with Gasteiger partial charge < -0.3 is 19.8 Å². The van der Waals surface area contributed by atoms with Gasteiger partial charge in [-0.15, -0.1) is 0 Å². The van der Waals surface area contributed by atoms with Crippen LogP contribution in [0.1, 0.15) is 46.9 Å². The van der Waals surface area contributed by atoms with Crippen LogP contribution in [0.4, 0.5) is 4.79 Å². The maximum absolute atomic E-state index is 12.5. The Kier molecular flexibility index (Phi) is 5.85. The summed E-state index contributed by atoms with van der Waals surface area (Å²) in [6.07, 6.45) is 0. The third-order valence-electron chi connectivity index (χ3n) is 5.59. The normalized spacial score (nSPS) is 19.3. The van der Waals surface area contributed by atoms with Gasteiger partial charge in [0.2, 0.25) is 0 Å². The number of ether oxygens (including phenoxy) is 1. The molecule has 0 bridgehead atoms. The fourth-order valence-corrected chi connectivity index (χ4v) is 3.89. The molecule has 3 amide bonds. The molecular weight excluding hydrogens is 390 g/mol. The molecule has 2 aromatic carbocycles. The van der Waals surface area contributed by atoms with E-state index in [1.54, 1.807) is 4.90 Å². The van der Waals surface area contributed by atoms with Gasteiger partial charge in [-0.2, -0.15) is 0 Å². The summed E-state index contributed by atoms with van der Waals surface area (Å²) in [7, 11) is 0. The molecule has 0 aliphatic carbocycles. The fourth-order valence-electron chi connectivity index (χ4n) is 3.89. The van der Waals surface area contributed by atoms with E-state index >= 15 is 0 Å². The molecule has 2 aliphatic heterocycles. The highest BCUT2D eigenvalue weighted by Gasteiger charge is 2.33. The second-order valence-corrected chi connectivity index (χ2v) is 7.99. The first-order chi connectivity index (χ1) is 15.4. The van der Waals surface area contributed by atoms with E-state index in [4.69, 9.17) is 6.15 Å². The highest BCUT2D eigenvalue weighted by atomic mass is 16.5. The maximum atomic E-state index is 12.5. The van der Waals surface area contributed by atoms with Crippen LogP contribution in [0, 0.1) is 11.8 Å². The van der Waals surface area contributed by atoms with Crippen molar-refractivity contribution >= 4 is 11.9 Å². The molecule has 1 N–H and O–H groups in total. The summed E-state index contributed by atoms with van der Waals surface area (Å²) in [4.78, 5) is 28.3. The molecule has 2 saturated heterocycles. The molecule has 0 radical (unpaired) electrons. The molecule has 2 heterocycles. The Hall–Kier alpha value is -3.30. The molecule has 2 fully saturated rings. The number of urea groups is 1. The maximum Gasteiger partial charge on any atom is 0.318 e. The predicted octanol–water partition coefficient (Wildman–Crippen LogP) is 3.03. The van der Waals surface area contributed by atoms with Gasteiger partial charge in [0.15, 0.2) is 1.41 Å². The third kappa shape index (κ3) is 4.73. The Labute approximate surface area is 184 Å². The van der Waals surface area contributed by atoms with E-state index in [0.29, 0.717) is 38.4 Å². The fraction of sp³-hybridized carbons (Fsp3) is 0.360. The van der Waals surface area contributed by atoms with Crippen molar-refractivity contribution in [2.24, 2.45) is 0 Å². The molecule has 2 aromatic rings. The third-order valence-corrected chi connectivity index (χ3v) is 5.59. The van der Waals surface area contributed by atoms with Gasteiger partial charge in [0.25, 0.3) is 5.91 Å². The molecule has 0 saturated carbocycles. The zero-order valence-electron chi connectivity index (χ0n) is 18.9. The first kappa shape index (κ1) is 19.7. The highest BCUT2D eigenvalue weighted by molar-refractivity contribution is 5.94. The smallest absolute Gasteiger partial charge is 0.318 e. The summed E-state index contributed by atoms with van der Waals surface area (Å²) in [5.41, 5.74) is 3.36. The minimum absolute atomic E-state index is 0.0236. The van der Waals surface area contributed by atoms with Crippen molar-refractivity contribution in [2.75, 3.05) is 32.8 Å². The van der Waals surface area contributed by atoms with Gasteiger partial charge in [-0.25, -0.2) is 4.79 Å². The number of amides is 3. The van der Waals surface area contributed by atoms with E-state index in [0.717, 1.165) is 22.0 Å². The standard InChI is InChI=1S/C25H27N3O3/c1-18(2)28-23(17-26-25(28)30)21-9-5-19(6-10-21)3-4-20-7-11-22(12-8-20)24(29)27-13-15-31-16-14-27/h5-12,18,23H,13-17H2,1-2H3,(H,26,30)/i/hD. The van der Waals surface area contributed by atoms with Crippen LogP contribution < -0.4 is 5.31 Å². The number of hydrogen-bond acceptors (Lipinski definition) is 3. The van der Waals surface area contributed by atoms with Gasteiger partial charge in [-0.05, 0) is 55.8 Å². The molecule has 6 nitrogen and oxygen atoms in total. The van der Waals surface area contributed by atoms with Crippen LogP contribution in [0.2, 0.25) is 1.41 Å². The minimum Gasteiger partial charge on any atom is -0.378 e. The van der Waals surface area contributed by atoms with Crippen LogP contribution in [0.25, 0.3) is 0 Å². The molecular formula is C25H27N3O3. The average molecular weight is 419 g/mol. The first-order valence-corrected chi connectivity index (χ1v) is 10.6. The lowest BCUT2D eigenvalue weighted by Crippen LogP contribution is -2.40. The molecule has 2 aliphatic rings. The van der Waals surface area contributed by atoms with Crippen LogP contribution >= 0.6 is 0 Å². The molecule has 0 aromatic heterocycles. The zero-order chi connectivity index (χ0) is 22.7. The van der Waals surface area contributed by atoms with E-state index < -0.39 is 0 Å². The van der Waals surface area contributed by atoms with Crippen molar-refractivity contribution in [1.82, 2.24) is 15.1 Å². The summed E-state index contributed by atoms with van der Waals surface area (Å²) in [5, 5.41) is 1.02. The van der Waals surface area contributed by atoms with Crippen LogP contribution in [0.3, 0.4) is 0 Å². The first-order valence-electron chi connectivity index (χ1n) is 11.1. The van der Waals surface area contributed by atoms with Gasteiger partial charge in [0, 0.05) is 42.4 Å². The SMILES string of the molecule is [2H]N1CC(c2ccc(C#Cc3ccc(C(=O)N4CCOCC4)cc3)cc2)N(C(C)C)C1=O. The van der Waals surface area contributed by atoms with Gasteiger partial charge in [-0.3, -0.25) is 4.79 Å². The topological polar surface area (TPSA) is 61.9 Å². The number of carbonyl (C=O) groups excluding carboxylic acids is 2. The highest BCUT2D eigenvalue weighted by Crippen LogP contribution is 2.26. The molecule has 1 atom stereocenters. The second-order valence-electron chi connectivity index (χ2n) is 7.99. The largest absolute Gasteiger partial charge is 0.378 e. The van der Waals surface area contributed by atoms with E-state index in [1.807, 2.05) is 67.3 Å². The van der Waals surface area contributed by atoms with Crippen LogP contribution in [0.5, 0.6) is 0 Å². The van der Waals surface area contributed by atoms with E-state index in [9.17, 15) is 9.59 Å². The Balaban J connectivity index is 1.43. The molecule has 4 rings (SSSR count). The van der Waals surface area contributed by atoms with Crippen molar-refractivity contribution in [1.29, 1.82) is 0 Å². The Morgan fingerprint density at radius 1 is 1.06 bits per heavy atom. The van der Waals surface area contributed by atoms with Crippen molar-refractivity contribution in [3.8, 4) is 11.8 Å².